The molecule has 0 radical (unpaired) electrons. The maximum absolute atomic E-state index is 10.4. The minimum Gasteiger partial charge on any atom is -0.496 e. The van der Waals surface area contributed by atoms with Crippen LogP contribution in [0.3, 0.4) is 0 Å². The maximum Gasteiger partial charge on any atom is 0.127 e. The number of methoxy groups -OCH3 is 2. The van der Waals surface area contributed by atoms with Crippen LogP contribution in [0.5, 0.6) is 5.75 Å². The molecule has 1 saturated heterocycles. The van der Waals surface area contributed by atoms with E-state index in [2.05, 4.69) is 47.4 Å². The Kier molecular flexibility index (Phi) is 3.67. The van der Waals surface area contributed by atoms with Gasteiger partial charge in [0.25, 0.3) is 0 Å². The lowest BCUT2D eigenvalue weighted by atomic mass is 9.85. The first kappa shape index (κ1) is 16.1. The van der Waals surface area contributed by atoms with Crippen LogP contribution in [0.2, 0.25) is 0 Å². The second-order valence-corrected chi connectivity index (χ2v) is 7.29. The van der Waals surface area contributed by atoms with Gasteiger partial charge in [0.15, 0.2) is 0 Å². The largest absolute Gasteiger partial charge is 0.496 e. The Morgan fingerprint density at radius 3 is 2.69 bits per heavy atom. The fraction of sp³-hybridized carbons (Fsp3) is 0.364. The summed E-state index contributed by atoms with van der Waals surface area (Å²) in [5.74, 6) is 0.893. The van der Waals surface area contributed by atoms with Crippen molar-refractivity contribution in [3.05, 3.63) is 53.6 Å². The van der Waals surface area contributed by atoms with E-state index in [0.29, 0.717) is 6.54 Å². The van der Waals surface area contributed by atoms with Crippen LogP contribution >= 0.6 is 0 Å². The van der Waals surface area contributed by atoms with Gasteiger partial charge in [-0.1, -0.05) is 36.4 Å². The molecular weight excluding hydrogens is 326 g/mol. The summed E-state index contributed by atoms with van der Waals surface area (Å²) in [6, 6.07) is 15.2. The van der Waals surface area contributed by atoms with Crippen LogP contribution in [-0.2, 0) is 4.74 Å². The number of benzene rings is 3. The summed E-state index contributed by atoms with van der Waals surface area (Å²) in [7, 11) is 3.49. The Hall–Kier alpha value is -2.14. The van der Waals surface area contributed by atoms with E-state index in [1.165, 1.54) is 27.3 Å². The minimum atomic E-state index is -0.375. The van der Waals surface area contributed by atoms with Crippen LogP contribution in [0, 0.1) is 0 Å². The monoisotopic (exact) mass is 349 g/mol. The molecule has 134 valence electrons. The number of hydrogen-bond donors (Lipinski definition) is 1. The molecule has 2 aliphatic rings. The van der Waals surface area contributed by atoms with Crippen LogP contribution in [0.4, 0.5) is 0 Å². The Morgan fingerprint density at radius 1 is 1.04 bits per heavy atom. The van der Waals surface area contributed by atoms with E-state index < -0.39 is 0 Å². The molecular formula is C22H23NO3. The summed E-state index contributed by atoms with van der Waals surface area (Å²) < 4.78 is 11.7. The van der Waals surface area contributed by atoms with E-state index in [1.807, 2.05) is 0 Å². The van der Waals surface area contributed by atoms with Crippen LogP contribution in [0.15, 0.2) is 42.5 Å². The predicted molar refractivity (Wildman–Crippen MR) is 102 cm³/mol. The van der Waals surface area contributed by atoms with Gasteiger partial charge in [0.05, 0.1) is 13.2 Å². The van der Waals surface area contributed by atoms with Gasteiger partial charge in [-0.3, -0.25) is 4.90 Å². The van der Waals surface area contributed by atoms with Crippen molar-refractivity contribution in [2.45, 2.75) is 31.2 Å². The van der Waals surface area contributed by atoms with Gasteiger partial charge in [0.2, 0.25) is 0 Å². The van der Waals surface area contributed by atoms with E-state index in [4.69, 9.17) is 9.47 Å². The third kappa shape index (κ3) is 2.13. The highest BCUT2D eigenvalue weighted by Crippen LogP contribution is 2.49. The molecule has 1 fully saturated rings. The predicted octanol–water partition coefficient (Wildman–Crippen LogP) is 4.16. The summed E-state index contributed by atoms with van der Waals surface area (Å²) in [5.41, 5.74) is 2.49. The molecule has 0 bridgehead atoms. The molecule has 3 aromatic rings. The molecule has 4 nitrogen and oxygen atoms in total. The number of hydrogen-bond acceptors (Lipinski definition) is 4. The van der Waals surface area contributed by atoms with Crippen molar-refractivity contribution in [2.24, 2.45) is 0 Å². The van der Waals surface area contributed by atoms with Crippen LogP contribution < -0.4 is 4.74 Å². The van der Waals surface area contributed by atoms with Crippen molar-refractivity contribution in [3.8, 4) is 5.75 Å². The normalized spacial score (nSPS) is 25.4. The number of rotatable bonds is 2. The summed E-state index contributed by atoms with van der Waals surface area (Å²) in [6.07, 6.45) is 1.34. The minimum absolute atomic E-state index is 0.0761. The fourth-order valence-electron chi connectivity index (χ4n) is 4.91. The summed E-state index contributed by atoms with van der Waals surface area (Å²) in [6.45, 7) is 0.713. The van der Waals surface area contributed by atoms with Gasteiger partial charge >= 0.3 is 0 Å². The molecule has 0 amide bonds. The van der Waals surface area contributed by atoms with Crippen molar-refractivity contribution >= 4 is 21.5 Å². The third-order valence-electron chi connectivity index (χ3n) is 6.11. The van der Waals surface area contributed by atoms with Gasteiger partial charge in [0.1, 0.15) is 12.0 Å². The second kappa shape index (κ2) is 5.95. The Morgan fingerprint density at radius 2 is 1.88 bits per heavy atom. The highest BCUT2D eigenvalue weighted by Gasteiger charge is 2.41. The lowest BCUT2D eigenvalue weighted by Gasteiger charge is -2.38. The van der Waals surface area contributed by atoms with Crippen molar-refractivity contribution in [1.82, 2.24) is 4.90 Å². The van der Waals surface area contributed by atoms with Crippen molar-refractivity contribution in [1.29, 1.82) is 0 Å². The molecule has 0 aromatic heterocycles. The van der Waals surface area contributed by atoms with E-state index in [1.54, 1.807) is 14.2 Å². The standard InChI is InChI=1S/C22H23NO3/c1-25-18-11-13-5-3-4-6-14(13)15-7-8-16-17-9-10-20(24)23(17)12-19(26-2)22(16)21(15)18/h3-8,11,17,19-20,24H,9-10,12H2,1-2H3/t17?,19?,20-/m0/s1. The van der Waals surface area contributed by atoms with Gasteiger partial charge in [0, 0.05) is 25.1 Å². The van der Waals surface area contributed by atoms with E-state index in [9.17, 15) is 5.11 Å². The van der Waals surface area contributed by atoms with Gasteiger partial charge < -0.3 is 14.6 Å². The first-order chi connectivity index (χ1) is 12.7. The quantitative estimate of drug-likeness (QED) is 0.706. The van der Waals surface area contributed by atoms with Gasteiger partial charge in [-0.2, -0.15) is 0 Å². The molecule has 3 atom stereocenters. The molecule has 1 N–H and O–H groups in total. The lowest BCUT2D eigenvalue weighted by molar-refractivity contribution is -0.0349. The van der Waals surface area contributed by atoms with Crippen LogP contribution in [0.1, 0.15) is 36.1 Å². The molecule has 26 heavy (non-hydrogen) atoms. The Labute approximate surface area is 152 Å². The number of aliphatic hydroxyl groups is 1. The summed E-state index contributed by atoms with van der Waals surface area (Å²) in [5, 5.41) is 15.1. The summed E-state index contributed by atoms with van der Waals surface area (Å²) in [4.78, 5) is 2.18. The van der Waals surface area contributed by atoms with E-state index in [-0.39, 0.29) is 18.4 Å². The lowest BCUT2D eigenvalue weighted by Crippen LogP contribution is -2.39. The number of aliphatic hydroxyl groups excluding tert-OH is 1. The zero-order valence-corrected chi connectivity index (χ0v) is 15.1. The average Bonchev–Trinajstić information content (AvgIpc) is 3.06. The molecule has 5 rings (SSSR count). The van der Waals surface area contributed by atoms with Crippen molar-refractivity contribution in [2.75, 3.05) is 20.8 Å². The molecule has 0 aliphatic carbocycles. The third-order valence-corrected chi connectivity index (χ3v) is 6.11. The number of fused-ring (bicyclic) bond motifs is 7. The van der Waals surface area contributed by atoms with Gasteiger partial charge in [-0.05, 0) is 46.2 Å². The molecule has 0 spiro atoms. The highest BCUT2D eigenvalue weighted by atomic mass is 16.5. The van der Waals surface area contributed by atoms with Crippen molar-refractivity contribution < 1.29 is 14.6 Å². The first-order valence-corrected chi connectivity index (χ1v) is 9.21. The molecule has 3 aromatic carbocycles. The number of ether oxygens (including phenoxy) is 2. The molecule has 2 aliphatic heterocycles. The average molecular weight is 349 g/mol. The zero-order chi connectivity index (χ0) is 17.8. The fourth-order valence-corrected chi connectivity index (χ4v) is 4.91. The smallest absolute Gasteiger partial charge is 0.127 e. The number of nitrogens with zero attached hydrogens (tertiary/aromatic N) is 1. The molecule has 2 heterocycles. The highest BCUT2D eigenvalue weighted by molar-refractivity contribution is 6.12. The van der Waals surface area contributed by atoms with Crippen molar-refractivity contribution in [3.63, 3.8) is 0 Å². The maximum atomic E-state index is 10.4. The Balaban J connectivity index is 1.87. The van der Waals surface area contributed by atoms with Crippen LogP contribution in [-0.4, -0.2) is 37.0 Å². The molecule has 4 heteroatoms. The summed E-state index contributed by atoms with van der Waals surface area (Å²) >= 11 is 0. The zero-order valence-electron chi connectivity index (χ0n) is 15.1. The van der Waals surface area contributed by atoms with Gasteiger partial charge in [-0.15, -0.1) is 0 Å². The SMILES string of the molecule is COc1cc2ccccc2c2ccc3c(c12)C(OC)CN1C3CC[C@@H]1O. The molecule has 0 saturated carbocycles. The van der Waals surface area contributed by atoms with E-state index in [0.717, 1.165) is 24.0 Å². The second-order valence-electron chi connectivity index (χ2n) is 7.29. The Bertz CT molecular complexity index is 1000. The van der Waals surface area contributed by atoms with Gasteiger partial charge in [-0.25, -0.2) is 0 Å². The van der Waals surface area contributed by atoms with Crippen LogP contribution in [0.25, 0.3) is 21.5 Å². The first-order valence-electron chi connectivity index (χ1n) is 9.21. The molecule has 2 unspecified atom stereocenters. The topological polar surface area (TPSA) is 41.9 Å². The van der Waals surface area contributed by atoms with E-state index >= 15 is 0 Å².